The fourth-order valence-electron chi connectivity index (χ4n) is 2.70. The van der Waals surface area contributed by atoms with Gasteiger partial charge < -0.3 is 14.5 Å². The van der Waals surface area contributed by atoms with Crippen molar-refractivity contribution in [2.45, 2.75) is 6.92 Å². The van der Waals surface area contributed by atoms with Gasteiger partial charge in [0, 0.05) is 6.07 Å². The van der Waals surface area contributed by atoms with Gasteiger partial charge in [-0.1, -0.05) is 24.3 Å². The van der Waals surface area contributed by atoms with Gasteiger partial charge in [0.15, 0.2) is 5.43 Å². The molecule has 122 valence electrons. The lowest BCUT2D eigenvalue weighted by Crippen LogP contribution is -2.15. The highest BCUT2D eigenvalue weighted by Gasteiger charge is 2.19. The summed E-state index contributed by atoms with van der Waals surface area (Å²) in [6.07, 6.45) is 0. The van der Waals surface area contributed by atoms with E-state index in [1.165, 1.54) is 13.2 Å². The van der Waals surface area contributed by atoms with Crippen molar-refractivity contribution in [3.05, 3.63) is 57.9 Å². The van der Waals surface area contributed by atoms with Crippen LogP contribution in [0.25, 0.3) is 21.7 Å². The first kappa shape index (κ1) is 15.7. The van der Waals surface area contributed by atoms with Gasteiger partial charge in [0.25, 0.3) is 0 Å². The molecule has 0 amide bonds. The van der Waals surface area contributed by atoms with Crippen LogP contribution in [-0.4, -0.2) is 30.6 Å². The smallest absolute Gasteiger partial charge is 0.354 e. The van der Waals surface area contributed by atoms with Gasteiger partial charge >= 0.3 is 11.9 Å². The Morgan fingerprint density at radius 2 is 1.88 bits per heavy atom. The molecule has 0 aliphatic heterocycles. The third-order valence-electron chi connectivity index (χ3n) is 3.73. The topological polar surface area (TPSA) is 85.5 Å². The number of nitrogens with one attached hydrogen (secondary N) is 1. The summed E-state index contributed by atoms with van der Waals surface area (Å²) in [6, 6.07) is 10.0. The Morgan fingerprint density at radius 3 is 2.58 bits per heavy atom. The molecule has 0 unspecified atom stereocenters. The molecule has 0 fully saturated rings. The van der Waals surface area contributed by atoms with Crippen LogP contribution in [0.5, 0.6) is 0 Å². The molecule has 0 saturated carbocycles. The quantitative estimate of drug-likeness (QED) is 0.591. The van der Waals surface area contributed by atoms with Crippen LogP contribution in [0, 0.1) is 0 Å². The summed E-state index contributed by atoms with van der Waals surface area (Å²) in [4.78, 5) is 39.5. The summed E-state index contributed by atoms with van der Waals surface area (Å²) in [5.74, 6) is -1.25. The number of fused-ring (bicyclic) bond motifs is 3. The minimum absolute atomic E-state index is 0.00483. The lowest BCUT2D eigenvalue weighted by Gasteiger charge is -2.10. The van der Waals surface area contributed by atoms with E-state index >= 15 is 0 Å². The molecule has 24 heavy (non-hydrogen) atoms. The number of hydrogen-bond acceptors (Lipinski definition) is 5. The van der Waals surface area contributed by atoms with Crippen molar-refractivity contribution >= 4 is 33.6 Å². The monoisotopic (exact) mass is 325 g/mol. The normalized spacial score (nSPS) is 10.8. The predicted molar refractivity (Wildman–Crippen MR) is 89.4 cm³/mol. The number of benzene rings is 2. The Balaban J connectivity index is 2.44. The third kappa shape index (κ3) is 2.52. The Morgan fingerprint density at radius 1 is 1.12 bits per heavy atom. The highest BCUT2D eigenvalue weighted by Crippen LogP contribution is 2.26. The maximum absolute atomic E-state index is 12.6. The van der Waals surface area contributed by atoms with E-state index in [-0.39, 0.29) is 28.8 Å². The minimum Gasteiger partial charge on any atom is -0.465 e. The number of H-pyrrole nitrogens is 1. The van der Waals surface area contributed by atoms with Gasteiger partial charge in [-0.15, -0.1) is 0 Å². The van der Waals surface area contributed by atoms with Crippen LogP contribution in [-0.2, 0) is 9.47 Å². The van der Waals surface area contributed by atoms with E-state index in [9.17, 15) is 14.4 Å². The Hall–Kier alpha value is -3.15. The molecule has 1 N–H and O–H groups in total. The molecule has 0 atom stereocenters. The molecule has 3 aromatic rings. The number of esters is 2. The van der Waals surface area contributed by atoms with E-state index in [0.29, 0.717) is 10.8 Å². The van der Waals surface area contributed by atoms with Gasteiger partial charge in [-0.3, -0.25) is 4.79 Å². The minimum atomic E-state index is -0.652. The predicted octanol–water partition coefficient (Wildman–Crippen LogP) is 2.64. The summed E-state index contributed by atoms with van der Waals surface area (Å²) in [7, 11) is 1.26. The number of carbonyl (C=O) groups excluding carboxylic acids is 2. The summed E-state index contributed by atoms with van der Waals surface area (Å²) < 4.78 is 9.72. The van der Waals surface area contributed by atoms with Crippen molar-refractivity contribution in [2.24, 2.45) is 0 Å². The maximum atomic E-state index is 12.6. The van der Waals surface area contributed by atoms with Gasteiger partial charge in [0.1, 0.15) is 5.69 Å². The Bertz CT molecular complexity index is 1020. The van der Waals surface area contributed by atoms with Crippen molar-refractivity contribution in [3.8, 4) is 0 Å². The van der Waals surface area contributed by atoms with Crippen molar-refractivity contribution < 1.29 is 19.1 Å². The molecule has 0 aliphatic carbocycles. The summed E-state index contributed by atoms with van der Waals surface area (Å²) in [5, 5.41) is 1.76. The van der Waals surface area contributed by atoms with E-state index < -0.39 is 11.9 Å². The van der Waals surface area contributed by atoms with Crippen molar-refractivity contribution in [1.82, 2.24) is 4.98 Å². The zero-order chi connectivity index (χ0) is 17.3. The molecule has 2 aromatic carbocycles. The number of aromatic nitrogens is 1. The average Bonchev–Trinajstić information content (AvgIpc) is 2.60. The standard InChI is InChI=1S/C18H15NO5/c1-3-24-18(22)13-9-14(20)15-11-7-5-4-6-10(11)8-12(16(15)19-13)17(21)23-2/h4-9H,3H2,1-2H3,(H,19,20). The molecule has 0 spiro atoms. The Labute approximate surface area is 137 Å². The highest BCUT2D eigenvalue weighted by atomic mass is 16.5. The van der Waals surface area contributed by atoms with Crippen molar-refractivity contribution in [3.63, 3.8) is 0 Å². The van der Waals surface area contributed by atoms with Gasteiger partial charge in [-0.2, -0.15) is 0 Å². The molecule has 0 radical (unpaired) electrons. The molecule has 1 heterocycles. The van der Waals surface area contributed by atoms with Crippen LogP contribution in [0.4, 0.5) is 0 Å². The number of hydrogen-bond donors (Lipinski definition) is 1. The highest BCUT2D eigenvalue weighted by molar-refractivity contribution is 6.15. The molecule has 3 rings (SSSR count). The number of rotatable bonds is 3. The SMILES string of the molecule is CCOC(=O)c1cc(=O)c2c([nH]1)c(C(=O)OC)cc1ccccc12. The zero-order valence-electron chi connectivity index (χ0n) is 13.2. The van der Waals surface area contributed by atoms with Gasteiger partial charge in [-0.05, 0) is 23.8 Å². The first-order valence-electron chi connectivity index (χ1n) is 7.41. The molecule has 6 heteroatoms. The summed E-state index contributed by atoms with van der Waals surface area (Å²) in [5.41, 5.74) is 0.0779. The van der Waals surface area contributed by atoms with E-state index in [4.69, 9.17) is 9.47 Å². The fourth-order valence-corrected chi connectivity index (χ4v) is 2.70. The molecule has 6 nitrogen and oxygen atoms in total. The lowest BCUT2D eigenvalue weighted by molar-refractivity contribution is 0.0518. The first-order valence-corrected chi connectivity index (χ1v) is 7.41. The second-order valence-electron chi connectivity index (χ2n) is 5.15. The molecular weight excluding hydrogens is 310 g/mol. The fraction of sp³-hybridized carbons (Fsp3) is 0.167. The van der Waals surface area contributed by atoms with Crippen LogP contribution in [0.2, 0.25) is 0 Å². The van der Waals surface area contributed by atoms with Crippen LogP contribution in [0.1, 0.15) is 27.8 Å². The number of methoxy groups -OCH3 is 1. The van der Waals surface area contributed by atoms with Gasteiger partial charge in [0.05, 0.1) is 30.2 Å². The van der Waals surface area contributed by atoms with Gasteiger partial charge in [-0.25, -0.2) is 9.59 Å². The summed E-state index contributed by atoms with van der Waals surface area (Å²) in [6.45, 7) is 1.85. The lowest BCUT2D eigenvalue weighted by atomic mass is 10.00. The van der Waals surface area contributed by atoms with Crippen molar-refractivity contribution in [2.75, 3.05) is 13.7 Å². The van der Waals surface area contributed by atoms with Gasteiger partial charge in [0.2, 0.25) is 0 Å². The second kappa shape index (κ2) is 6.16. The van der Waals surface area contributed by atoms with Crippen molar-refractivity contribution in [1.29, 1.82) is 0 Å². The summed E-state index contributed by atoms with van der Waals surface area (Å²) >= 11 is 0. The van der Waals surface area contributed by atoms with Crippen LogP contribution >= 0.6 is 0 Å². The maximum Gasteiger partial charge on any atom is 0.354 e. The second-order valence-corrected chi connectivity index (χ2v) is 5.15. The largest absolute Gasteiger partial charge is 0.465 e. The number of pyridine rings is 1. The molecular formula is C18H15NO5. The average molecular weight is 325 g/mol. The third-order valence-corrected chi connectivity index (χ3v) is 3.73. The number of aromatic amines is 1. The zero-order valence-corrected chi connectivity index (χ0v) is 13.2. The molecule has 0 aliphatic rings. The Kier molecular flexibility index (Phi) is 4.04. The number of ether oxygens (including phenoxy) is 2. The molecule has 1 aromatic heterocycles. The van der Waals surface area contributed by atoms with E-state index in [1.807, 2.05) is 6.07 Å². The van der Waals surface area contributed by atoms with Crippen LogP contribution in [0.15, 0.2) is 41.2 Å². The van der Waals surface area contributed by atoms with Crippen LogP contribution < -0.4 is 5.43 Å². The van der Waals surface area contributed by atoms with E-state index in [0.717, 1.165) is 5.39 Å². The molecule has 0 bridgehead atoms. The molecule has 0 saturated heterocycles. The number of carbonyl (C=O) groups is 2. The first-order chi connectivity index (χ1) is 11.6. The van der Waals surface area contributed by atoms with E-state index in [2.05, 4.69) is 4.98 Å². The van der Waals surface area contributed by atoms with E-state index in [1.54, 1.807) is 31.2 Å². The van der Waals surface area contributed by atoms with Crippen LogP contribution in [0.3, 0.4) is 0 Å².